The fourth-order valence-corrected chi connectivity index (χ4v) is 2.58. The predicted molar refractivity (Wildman–Crippen MR) is 60.1 cm³/mol. The molecule has 2 aliphatic carbocycles. The summed E-state index contributed by atoms with van der Waals surface area (Å²) < 4.78 is 0. The molecule has 0 atom stereocenters. The van der Waals surface area contributed by atoms with Gasteiger partial charge in [-0.1, -0.05) is 35.9 Å². The van der Waals surface area contributed by atoms with Crippen LogP contribution in [0.15, 0.2) is 41.5 Å². The summed E-state index contributed by atoms with van der Waals surface area (Å²) in [6, 6.07) is 8.83. The third-order valence-corrected chi connectivity index (χ3v) is 3.30. The van der Waals surface area contributed by atoms with E-state index in [0.29, 0.717) is 0 Å². The van der Waals surface area contributed by atoms with Gasteiger partial charge in [0, 0.05) is 0 Å². The van der Waals surface area contributed by atoms with Crippen molar-refractivity contribution in [3.8, 4) is 0 Å². The van der Waals surface area contributed by atoms with Crippen molar-refractivity contribution in [2.45, 2.75) is 26.2 Å². The van der Waals surface area contributed by atoms with E-state index < -0.39 is 0 Å². The molecule has 0 heteroatoms. The Kier molecular flexibility index (Phi) is 1.63. The number of hydrogen-bond donors (Lipinski definition) is 0. The fraction of sp³-hybridized carbons (Fsp3) is 0.286. The topological polar surface area (TPSA) is 0 Å². The summed E-state index contributed by atoms with van der Waals surface area (Å²) in [5.41, 5.74) is 7.73. The highest BCUT2D eigenvalue weighted by Crippen LogP contribution is 2.40. The van der Waals surface area contributed by atoms with E-state index in [1.807, 2.05) is 0 Å². The monoisotopic (exact) mass is 182 g/mol. The van der Waals surface area contributed by atoms with E-state index >= 15 is 0 Å². The molecule has 14 heavy (non-hydrogen) atoms. The number of rotatable bonds is 0. The van der Waals surface area contributed by atoms with E-state index in [1.54, 1.807) is 11.1 Å². The summed E-state index contributed by atoms with van der Waals surface area (Å²) in [6.45, 7) is 2.24. The lowest BCUT2D eigenvalue weighted by Crippen LogP contribution is -1.92. The molecule has 70 valence electrons. The van der Waals surface area contributed by atoms with Gasteiger partial charge in [-0.15, -0.1) is 0 Å². The summed E-state index contributed by atoms with van der Waals surface area (Å²) in [5.74, 6) is 0. The van der Waals surface area contributed by atoms with Crippen molar-refractivity contribution < 1.29 is 0 Å². The van der Waals surface area contributed by atoms with Gasteiger partial charge < -0.3 is 0 Å². The SMILES string of the molecule is CC1=CC2=C(CC1)c1ccccc1C2. The Morgan fingerprint density at radius 3 is 2.86 bits per heavy atom. The largest absolute Gasteiger partial charge is 0.0727 e. The molecule has 1 aromatic rings. The smallest absolute Gasteiger partial charge is 0.00168 e. The van der Waals surface area contributed by atoms with Crippen molar-refractivity contribution in [2.75, 3.05) is 0 Å². The highest BCUT2D eigenvalue weighted by atomic mass is 14.3. The highest BCUT2D eigenvalue weighted by Gasteiger charge is 2.21. The zero-order valence-corrected chi connectivity index (χ0v) is 8.51. The van der Waals surface area contributed by atoms with Crippen molar-refractivity contribution in [1.29, 1.82) is 0 Å². The Hall–Kier alpha value is -1.30. The zero-order valence-electron chi connectivity index (χ0n) is 8.51. The second kappa shape index (κ2) is 2.84. The van der Waals surface area contributed by atoms with Crippen molar-refractivity contribution in [3.05, 3.63) is 52.6 Å². The van der Waals surface area contributed by atoms with E-state index in [-0.39, 0.29) is 0 Å². The van der Waals surface area contributed by atoms with Crippen LogP contribution in [0.2, 0.25) is 0 Å². The van der Waals surface area contributed by atoms with Crippen LogP contribution in [-0.4, -0.2) is 0 Å². The minimum absolute atomic E-state index is 1.16. The molecule has 0 radical (unpaired) electrons. The van der Waals surface area contributed by atoms with E-state index in [2.05, 4.69) is 37.3 Å². The molecule has 0 bridgehead atoms. The number of benzene rings is 1. The first-order valence-electron chi connectivity index (χ1n) is 5.32. The molecule has 0 saturated carbocycles. The van der Waals surface area contributed by atoms with Crippen molar-refractivity contribution in [3.63, 3.8) is 0 Å². The molecule has 1 aromatic carbocycles. The summed E-state index contributed by atoms with van der Waals surface area (Å²) in [7, 11) is 0. The van der Waals surface area contributed by atoms with Crippen LogP contribution in [0.5, 0.6) is 0 Å². The first kappa shape index (κ1) is 8.05. The maximum atomic E-state index is 2.39. The number of allylic oxidation sites excluding steroid dienone is 4. The van der Waals surface area contributed by atoms with Crippen LogP contribution >= 0.6 is 0 Å². The normalized spacial score (nSPS) is 19.1. The lowest BCUT2D eigenvalue weighted by molar-refractivity contribution is 0.965. The molecule has 2 aliphatic rings. The van der Waals surface area contributed by atoms with Gasteiger partial charge in [-0.3, -0.25) is 0 Å². The van der Waals surface area contributed by atoms with Gasteiger partial charge in [0.1, 0.15) is 0 Å². The second-order valence-corrected chi connectivity index (χ2v) is 4.33. The van der Waals surface area contributed by atoms with Crippen molar-refractivity contribution in [2.24, 2.45) is 0 Å². The second-order valence-electron chi connectivity index (χ2n) is 4.33. The predicted octanol–water partition coefficient (Wildman–Crippen LogP) is 3.74. The maximum absolute atomic E-state index is 2.39. The molecule has 0 saturated heterocycles. The summed E-state index contributed by atoms with van der Waals surface area (Å²) >= 11 is 0. The molecule has 0 aliphatic heterocycles. The van der Waals surface area contributed by atoms with E-state index in [0.717, 1.165) is 6.42 Å². The van der Waals surface area contributed by atoms with Crippen LogP contribution in [-0.2, 0) is 6.42 Å². The molecule has 0 aromatic heterocycles. The number of fused-ring (bicyclic) bond motifs is 2. The van der Waals surface area contributed by atoms with Gasteiger partial charge in [0.05, 0.1) is 0 Å². The summed E-state index contributed by atoms with van der Waals surface area (Å²) in [6.07, 6.45) is 6.03. The van der Waals surface area contributed by atoms with Gasteiger partial charge in [-0.05, 0) is 48.5 Å². The van der Waals surface area contributed by atoms with Gasteiger partial charge >= 0.3 is 0 Å². The van der Waals surface area contributed by atoms with Crippen LogP contribution in [0, 0.1) is 0 Å². The molecule has 0 amide bonds. The highest BCUT2D eigenvalue weighted by molar-refractivity contribution is 5.79. The first-order valence-corrected chi connectivity index (χ1v) is 5.32. The molecule has 0 heterocycles. The van der Waals surface area contributed by atoms with Gasteiger partial charge in [-0.2, -0.15) is 0 Å². The van der Waals surface area contributed by atoms with Crippen LogP contribution in [0.3, 0.4) is 0 Å². The third-order valence-electron chi connectivity index (χ3n) is 3.30. The Labute approximate surface area is 85.0 Å². The van der Waals surface area contributed by atoms with E-state index in [9.17, 15) is 0 Å². The lowest BCUT2D eigenvalue weighted by Gasteiger charge is -2.12. The van der Waals surface area contributed by atoms with Crippen molar-refractivity contribution >= 4 is 5.57 Å². The molecule has 0 fully saturated rings. The Morgan fingerprint density at radius 2 is 1.93 bits per heavy atom. The van der Waals surface area contributed by atoms with Gasteiger partial charge in [0.25, 0.3) is 0 Å². The number of hydrogen-bond acceptors (Lipinski definition) is 0. The van der Waals surface area contributed by atoms with Crippen LogP contribution in [0.4, 0.5) is 0 Å². The molecule has 0 nitrogen and oxygen atoms in total. The molecule has 0 unspecified atom stereocenters. The fourth-order valence-electron chi connectivity index (χ4n) is 2.58. The molecule has 3 rings (SSSR count). The molecule has 0 N–H and O–H groups in total. The van der Waals surface area contributed by atoms with Gasteiger partial charge in [0.15, 0.2) is 0 Å². The van der Waals surface area contributed by atoms with Crippen LogP contribution < -0.4 is 0 Å². The lowest BCUT2D eigenvalue weighted by atomic mass is 9.93. The van der Waals surface area contributed by atoms with Crippen molar-refractivity contribution in [1.82, 2.24) is 0 Å². The Morgan fingerprint density at radius 1 is 1.07 bits per heavy atom. The maximum Gasteiger partial charge on any atom is -0.00168 e. The van der Waals surface area contributed by atoms with Crippen LogP contribution in [0.25, 0.3) is 5.57 Å². The zero-order chi connectivity index (χ0) is 9.54. The van der Waals surface area contributed by atoms with E-state index in [1.165, 1.54) is 29.5 Å². The summed E-state index contributed by atoms with van der Waals surface area (Å²) in [5, 5.41) is 0. The van der Waals surface area contributed by atoms with E-state index in [4.69, 9.17) is 0 Å². The summed E-state index contributed by atoms with van der Waals surface area (Å²) in [4.78, 5) is 0. The molecular weight excluding hydrogens is 168 g/mol. The first-order chi connectivity index (χ1) is 6.84. The van der Waals surface area contributed by atoms with Gasteiger partial charge in [-0.25, -0.2) is 0 Å². The quantitative estimate of drug-likeness (QED) is 0.573. The minimum Gasteiger partial charge on any atom is -0.0727 e. The van der Waals surface area contributed by atoms with Crippen LogP contribution in [0.1, 0.15) is 30.9 Å². The minimum atomic E-state index is 1.16. The molecular formula is C14H14. The Bertz CT molecular complexity index is 447. The average Bonchev–Trinajstić information content (AvgIpc) is 2.54. The standard InChI is InChI=1S/C14H14/c1-10-6-7-14-12(8-10)9-11-4-2-3-5-13(11)14/h2-5,8H,6-7,9H2,1H3. The third kappa shape index (κ3) is 1.07. The van der Waals surface area contributed by atoms with Gasteiger partial charge in [0.2, 0.25) is 0 Å². The Balaban J connectivity index is 2.14. The average molecular weight is 182 g/mol. The molecule has 0 spiro atoms.